The molecule has 0 bridgehead atoms. The van der Waals surface area contributed by atoms with Crippen molar-refractivity contribution in [2.24, 2.45) is 0 Å². The molecule has 0 saturated carbocycles. The van der Waals surface area contributed by atoms with Gasteiger partial charge in [-0.05, 0) is 63.1 Å². The first-order valence-electron chi connectivity index (χ1n) is 2.73. The number of hydrogen-bond donors (Lipinski definition) is 0. The van der Waals surface area contributed by atoms with E-state index in [0.717, 1.165) is 8.04 Å². The van der Waals surface area contributed by atoms with Crippen molar-refractivity contribution in [3.8, 4) is 0 Å². The van der Waals surface area contributed by atoms with Gasteiger partial charge in [-0.3, -0.25) is 0 Å². The Morgan fingerprint density at radius 2 is 2.10 bits per heavy atom. The van der Waals surface area contributed by atoms with Crippen molar-refractivity contribution in [3.63, 3.8) is 0 Å². The first-order valence-corrected chi connectivity index (χ1v) is 4.60. The molecule has 10 heavy (non-hydrogen) atoms. The molecule has 0 saturated heterocycles. The van der Waals surface area contributed by atoms with Gasteiger partial charge in [0.25, 0.3) is 0 Å². The highest BCUT2D eigenvalue weighted by Gasteiger charge is 2.03. The highest BCUT2D eigenvalue weighted by Crippen LogP contribution is 2.23. The molecule has 54 valence electrons. The Bertz CT molecular complexity index is 233. The van der Waals surface area contributed by atoms with Crippen LogP contribution in [-0.2, 0) is 0 Å². The summed E-state index contributed by atoms with van der Waals surface area (Å²) in [6.45, 7) is 1.77. The maximum Gasteiger partial charge on any atom is 0.127 e. The summed E-state index contributed by atoms with van der Waals surface area (Å²) in [4.78, 5) is 0. The third-order valence-corrected chi connectivity index (χ3v) is 4.07. The van der Waals surface area contributed by atoms with Crippen LogP contribution in [0.2, 0.25) is 0 Å². The van der Waals surface area contributed by atoms with Gasteiger partial charge in [-0.2, -0.15) is 0 Å². The molecule has 0 radical (unpaired) electrons. The minimum atomic E-state index is -0.146. The van der Waals surface area contributed by atoms with Crippen LogP contribution in [0.3, 0.4) is 0 Å². The maximum absolute atomic E-state index is 12.7. The lowest BCUT2D eigenvalue weighted by Crippen LogP contribution is -1.86. The van der Waals surface area contributed by atoms with Gasteiger partial charge < -0.3 is 0 Å². The van der Waals surface area contributed by atoms with Gasteiger partial charge in [0.1, 0.15) is 5.82 Å². The van der Waals surface area contributed by atoms with Gasteiger partial charge >= 0.3 is 0 Å². The number of rotatable bonds is 0. The summed E-state index contributed by atoms with van der Waals surface area (Å²) in [5.74, 6) is -0.146. The van der Waals surface area contributed by atoms with Crippen molar-refractivity contribution in [2.45, 2.75) is 6.92 Å². The van der Waals surface area contributed by atoms with Gasteiger partial charge in [-0.1, -0.05) is 0 Å². The van der Waals surface area contributed by atoms with Crippen LogP contribution < -0.4 is 0 Å². The lowest BCUT2D eigenvalue weighted by atomic mass is 10.2. The van der Waals surface area contributed by atoms with E-state index in [-0.39, 0.29) is 5.82 Å². The summed E-state index contributed by atoms with van der Waals surface area (Å²) in [6.07, 6.45) is 0. The zero-order chi connectivity index (χ0) is 7.72. The van der Waals surface area contributed by atoms with Crippen molar-refractivity contribution in [2.75, 3.05) is 0 Å². The van der Waals surface area contributed by atoms with E-state index in [2.05, 4.69) is 38.5 Å². The van der Waals surface area contributed by atoms with Gasteiger partial charge in [-0.15, -0.1) is 0 Å². The fourth-order valence-electron chi connectivity index (χ4n) is 0.628. The van der Waals surface area contributed by atoms with E-state index in [4.69, 9.17) is 0 Å². The van der Waals surface area contributed by atoms with Crippen molar-refractivity contribution >= 4 is 38.5 Å². The van der Waals surface area contributed by atoms with Gasteiger partial charge in [0.05, 0.1) is 0 Å². The second kappa shape index (κ2) is 3.17. The predicted molar refractivity (Wildman–Crippen MR) is 51.6 cm³/mol. The number of hydrogen-bond acceptors (Lipinski definition) is 0. The first-order chi connectivity index (χ1) is 4.63. The summed E-state index contributed by atoms with van der Waals surface area (Å²) in [5.41, 5.74) is 0.704. The Labute approximate surface area is 81.1 Å². The smallest absolute Gasteiger partial charge is 0.127 e. The molecule has 0 fully saturated rings. The van der Waals surface area contributed by atoms with Crippen LogP contribution in [0.1, 0.15) is 5.56 Å². The number of halogens is 3. The van der Waals surface area contributed by atoms with E-state index in [1.165, 1.54) is 6.07 Å². The monoisotopic (exact) mass is 314 g/mol. The van der Waals surface area contributed by atoms with Crippen LogP contribution >= 0.6 is 38.5 Å². The topological polar surface area (TPSA) is 0 Å². The molecule has 0 aliphatic heterocycles. The summed E-state index contributed by atoms with van der Waals surface area (Å²) in [6, 6.07) is 3.17. The quantitative estimate of drug-likeness (QED) is 0.508. The third-order valence-electron chi connectivity index (χ3n) is 1.27. The lowest BCUT2D eigenvalue weighted by Gasteiger charge is -2.00. The van der Waals surface area contributed by atoms with Gasteiger partial charge in [-0.25, -0.2) is 4.39 Å². The molecule has 0 amide bonds. The molecule has 0 atom stereocenters. The normalized spacial score (nSPS) is 10.0. The first kappa shape index (κ1) is 8.46. The van der Waals surface area contributed by atoms with E-state index in [9.17, 15) is 4.39 Å². The van der Waals surface area contributed by atoms with E-state index < -0.39 is 0 Å². The average Bonchev–Trinajstić information content (AvgIpc) is 1.93. The Hall–Kier alpha value is 0.360. The Morgan fingerprint density at radius 3 is 2.60 bits per heavy atom. The highest BCUT2D eigenvalue weighted by molar-refractivity contribution is 14.1. The second-order valence-electron chi connectivity index (χ2n) is 1.97. The lowest BCUT2D eigenvalue weighted by molar-refractivity contribution is 0.617. The van der Waals surface area contributed by atoms with Crippen LogP contribution in [0.5, 0.6) is 0 Å². The SMILES string of the molecule is Cc1c(F)ccc(Br)c1I. The van der Waals surface area contributed by atoms with Crippen molar-refractivity contribution in [3.05, 3.63) is 31.6 Å². The largest absolute Gasteiger partial charge is 0.207 e. The molecule has 1 aromatic rings. The maximum atomic E-state index is 12.7. The summed E-state index contributed by atoms with van der Waals surface area (Å²) >= 11 is 5.41. The molecule has 0 spiro atoms. The molecular weight excluding hydrogens is 310 g/mol. The zero-order valence-electron chi connectivity index (χ0n) is 5.29. The van der Waals surface area contributed by atoms with E-state index in [0.29, 0.717) is 5.56 Å². The van der Waals surface area contributed by atoms with E-state index in [1.807, 2.05) is 0 Å². The van der Waals surface area contributed by atoms with Crippen LogP contribution in [0.15, 0.2) is 16.6 Å². The molecule has 0 nitrogen and oxygen atoms in total. The summed E-state index contributed by atoms with van der Waals surface area (Å²) < 4.78 is 14.6. The standard InChI is InChI=1S/C7H5BrFI/c1-4-6(9)3-2-5(8)7(4)10/h2-3H,1H3. The highest BCUT2D eigenvalue weighted by atomic mass is 127. The molecule has 0 aromatic heterocycles. The predicted octanol–water partition coefficient (Wildman–Crippen LogP) is 3.50. The summed E-state index contributed by atoms with van der Waals surface area (Å²) in [5, 5.41) is 0. The zero-order valence-corrected chi connectivity index (χ0v) is 9.03. The molecule has 3 heteroatoms. The van der Waals surface area contributed by atoms with E-state index in [1.54, 1.807) is 13.0 Å². The van der Waals surface area contributed by atoms with Crippen LogP contribution in [0.25, 0.3) is 0 Å². The minimum Gasteiger partial charge on any atom is -0.207 e. The Balaban J connectivity index is 3.34. The Morgan fingerprint density at radius 1 is 1.50 bits per heavy atom. The van der Waals surface area contributed by atoms with Crippen molar-refractivity contribution in [1.29, 1.82) is 0 Å². The molecule has 0 aliphatic carbocycles. The van der Waals surface area contributed by atoms with Crippen LogP contribution in [0, 0.1) is 16.3 Å². The molecule has 1 aromatic carbocycles. The molecular formula is C7H5BrFI. The molecule has 1 rings (SSSR count). The van der Waals surface area contributed by atoms with Crippen molar-refractivity contribution < 1.29 is 4.39 Å². The molecule has 0 unspecified atom stereocenters. The summed E-state index contributed by atoms with van der Waals surface area (Å²) in [7, 11) is 0. The Kier molecular flexibility index (Phi) is 2.68. The fourth-order valence-corrected chi connectivity index (χ4v) is 1.50. The molecule has 0 aliphatic rings. The average molecular weight is 315 g/mol. The van der Waals surface area contributed by atoms with Crippen LogP contribution in [-0.4, -0.2) is 0 Å². The van der Waals surface area contributed by atoms with Gasteiger partial charge in [0, 0.05) is 8.04 Å². The third kappa shape index (κ3) is 1.50. The number of benzene rings is 1. The fraction of sp³-hybridized carbons (Fsp3) is 0.143. The molecule has 0 heterocycles. The second-order valence-corrected chi connectivity index (χ2v) is 3.90. The van der Waals surface area contributed by atoms with Crippen molar-refractivity contribution in [1.82, 2.24) is 0 Å². The van der Waals surface area contributed by atoms with Gasteiger partial charge in [0.2, 0.25) is 0 Å². The minimum absolute atomic E-state index is 0.146. The van der Waals surface area contributed by atoms with Crippen LogP contribution in [0.4, 0.5) is 4.39 Å². The van der Waals surface area contributed by atoms with Gasteiger partial charge in [0.15, 0.2) is 0 Å². The van der Waals surface area contributed by atoms with E-state index >= 15 is 0 Å². The molecule has 0 N–H and O–H groups in total.